The fraction of sp³-hybridized carbons (Fsp3) is 0.118. The van der Waals surface area contributed by atoms with E-state index in [0.717, 1.165) is 0 Å². The van der Waals surface area contributed by atoms with Crippen LogP contribution in [0.5, 0.6) is 5.75 Å². The van der Waals surface area contributed by atoms with Crippen LogP contribution < -0.4 is 10.1 Å². The lowest BCUT2D eigenvalue weighted by Crippen LogP contribution is -2.24. The van der Waals surface area contributed by atoms with Gasteiger partial charge in [-0.3, -0.25) is 4.79 Å². The Labute approximate surface area is 147 Å². The van der Waals surface area contributed by atoms with Crippen LogP contribution >= 0.6 is 11.6 Å². The van der Waals surface area contributed by atoms with Crippen molar-refractivity contribution in [2.24, 2.45) is 0 Å². The first kappa shape index (κ1) is 18.2. The summed E-state index contributed by atoms with van der Waals surface area (Å²) in [7, 11) is 0. The number of hydrogen-bond acceptors (Lipinski definition) is 5. The van der Waals surface area contributed by atoms with Crippen molar-refractivity contribution in [3.63, 3.8) is 0 Å². The molecule has 1 N–H and O–H groups in total. The summed E-state index contributed by atoms with van der Waals surface area (Å²) in [4.78, 5) is 23.3. The van der Waals surface area contributed by atoms with E-state index in [1.165, 1.54) is 36.4 Å². The molecular weight excluding hydrogens is 351 g/mol. The molecule has 0 fully saturated rings. The fourth-order valence-electron chi connectivity index (χ4n) is 1.79. The molecule has 0 heterocycles. The smallest absolute Gasteiger partial charge is 0.344 e. The van der Waals surface area contributed by atoms with Crippen LogP contribution in [0.25, 0.3) is 0 Å². The van der Waals surface area contributed by atoms with Crippen molar-refractivity contribution in [3.05, 3.63) is 58.9 Å². The van der Waals surface area contributed by atoms with Crippen molar-refractivity contribution in [1.82, 2.24) is 0 Å². The van der Waals surface area contributed by atoms with Gasteiger partial charge in [-0.1, -0.05) is 23.7 Å². The van der Waals surface area contributed by atoms with Crippen molar-refractivity contribution >= 4 is 29.2 Å². The lowest BCUT2D eigenvalue weighted by Gasteiger charge is -2.09. The molecule has 0 saturated carbocycles. The minimum atomic E-state index is -0.843. The van der Waals surface area contributed by atoms with Crippen LogP contribution in [0.15, 0.2) is 42.5 Å². The number of rotatable bonds is 6. The number of benzene rings is 2. The summed E-state index contributed by atoms with van der Waals surface area (Å²) in [6, 6.07) is 11.8. The van der Waals surface area contributed by atoms with Gasteiger partial charge >= 0.3 is 5.97 Å². The molecular formula is C17H12ClFN2O4. The molecule has 0 aromatic heterocycles. The van der Waals surface area contributed by atoms with E-state index in [-0.39, 0.29) is 17.0 Å². The molecule has 0 radical (unpaired) electrons. The van der Waals surface area contributed by atoms with Gasteiger partial charge in [0.15, 0.2) is 24.8 Å². The third-order valence-corrected chi connectivity index (χ3v) is 3.16. The Bertz CT molecular complexity index is 836. The number of nitriles is 1. The Hall–Kier alpha value is -3.11. The lowest BCUT2D eigenvalue weighted by molar-refractivity contribution is -0.149. The highest BCUT2D eigenvalue weighted by Crippen LogP contribution is 2.20. The zero-order valence-electron chi connectivity index (χ0n) is 12.8. The van der Waals surface area contributed by atoms with Crippen LogP contribution in [0, 0.1) is 17.1 Å². The topological polar surface area (TPSA) is 88.4 Å². The van der Waals surface area contributed by atoms with Gasteiger partial charge in [-0.2, -0.15) is 5.26 Å². The van der Waals surface area contributed by atoms with Gasteiger partial charge in [0.25, 0.3) is 5.91 Å². The minimum Gasteiger partial charge on any atom is -0.479 e. The number of para-hydroxylation sites is 1. The maximum Gasteiger partial charge on any atom is 0.344 e. The number of nitrogens with one attached hydrogen (secondary N) is 1. The van der Waals surface area contributed by atoms with Crippen molar-refractivity contribution in [2.75, 3.05) is 18.5 Å². The number of carbonyl (C=O) groups is 2. The predicted molar refractivity (Wildman–Crippen MR) is 87.7 cm³/mol. The fourth-order valence-corrected chi connectivity index (χ4v) is 1.96. The van der Waals surface area contributed by atoms with Crippen LogP contribution in [0.3, 0.4) is 0 Å². The molecule has 0 bridgehead atoms. The highest BCUT2D eigenvalue weighted by molar-refractivity contribution is 6.31. The number of esters is 1. The Morgan fingerprint density at radius 2 is 1.96 bits per heavy atom. The average Bonchev–Trinajstić information content (AvgIpc) is 2.59. The first-order valence-electron chi connectivity index (χ1n) is 7.02. The molecule has 128 valence electrons. The summed E-state index contributed by atoms with van der Waals surface area (Å²) in [5, 5.41) is 11.7. The van der Waals surface area contributed by atoms with E-state index in [4.69, 9.17) is 26.3 Å². The molecule has 8 heteroatoms. The van der Waals surface area contributed by atoms with E-state index in [2.05, 4.69) is 5.32 Å². The Morgan fingerprint density at radius 1 is 1.20 bits per heavy atom. The van der Waals surface area contributed by atoms with Crippen LogP contribution in [0.4, 0.5) is 10.1 Å². The molecule has 0 saturated heterocycles. The third-order valence-electron chi connectivity index (χ3n) is 2.92. The molecule has 1 amide bonds. The second-order valence-corrected chi connectivity index (χ2v) is 5.17. The monoisotopic (exact) mass is 362 g/mol. The summed E-state index contributed by atoms with van der Waals surface area (Å²) in [5.74, 6) is -2.21. The van der Waals surface area contributed by atoms with Gasteiger partial charge < -0.3 is 14.8 Å². The molecule has 0 aliphatic carbocycles. The SMILES string of the molecule is N#Cc1ccc(Cl)cc1NC(=O)COC(=O)COc1ccccc1F. The molecule has 2 aromatic rings. The van der Waals surface area contributed by atoms with E-state index in [0.29, 0.717) is 5.02 Å². The number of nitrogens with zero attached hydrogens (tertiary/aromatic N) is 1. The number of hydrogen-bond donors (Lipinski definition) is 1. The van der Waals surface area contributed by atoms with Crippen molar-refractivity contribution in [3.8, 4) is 11.8 Å². The number of amides is 1. The van der Waals surface area contributed by atoms with Gasteiger partial charge in [0.2, 0.25) is 0 Å². The van der Waals surface area contributed by atoms with Gasteiger partial charge in [0, 0.05) is 5.02 Å². The van der Waals surface area contributed by atoms with Gasteiger partial charge in [-0.25, -0.2) is 9.18 Å². The maximum atomic E-state index is 13.3. The van der Waals surface area contributed by atoms with E-state index in [9.17, 15) is 14.0 Å². The summed E-state index contributed by atoms with van der Waals surface area (Å²) in [5.41, 5.74) is 0.422. The normalized spacial score (nSPS) is 9.80. The first-order valence-corrected chi connectivity index (χ1v) is 7.40. The largest absolute Gasteiger partial charge is 0.479 e. The Balaban J connectivity index is 1.82. The molecule has 25 heavy (non-hydrogen) atoms. The average molecular weight is 363 g/mol. The molecule has 0 atom stereocenters. The van der Waals surface area contributed by atoms with E-state index in [1.807, 2.05) is 6.07 Å². The quantitative estimate of drug-likeness (QED) is 0.798. The molecule has 2 aromatic carbocycles. The van der Waals surface area contributed by atoms with E-state index < -0.39 is 30.9 Å². The first-order chi connectivity index (χ1) is 12.0. The summed E-state index contributed by atoms with van der Waals surface area (Å²) in [6.07, 6.45) is 0. The molecule has 0 spiro atoms. The van der Waals surface area contributed by atoms with Crippen molar-refractivity contribution in [2.45, 2.75) is 0 Å². The van der Waals surface area contributed by atoms with Crippen LogP contribution in [0.1, 0.15) is 5.56 Å². The van der Waals surface area contributed by atoms with Gasteiger partial charge in [0.1, 0.15) is 6.07 Å². The molecule has 6 nitrogen and oxygen atoms in total. The number of carbonyl (C=O) groups excluding carboxylic acids is 2. The molecule has 0 aliphatic heterocycles. The summed E-state index contributed by atoms with van der Waals surface area (Å²) < 4.78 is 23.0. The van der Waals surface area contributed by atoms with Gasteiger partial charge in [-0.05, 0) is 30.3 Å². The van der Waals surface area contributed by atoms with Crippen molar-refractivity contribution in [1.29, 1.82) is 5.26 Å². The summed E-state index contributed by atoms with van der Waals surface area (Å²) in [6.45, 7) is -1.13. The van der Waals surface area contributed by atoms with Crippen LogP contribution in [0.2, 0.25) is 5.02 Å². The zero-order chi connectivity index (χ0) is 18.2. The Kier molecular flexibility index (Phi) is 6.32. The second-order valence-electron chi connectivity index (χ2n) is 4.73. The van der Waals surface area contributed by atoms with E-state index >= 15 is 0 Å². The third kappa shape index (κ3) is 5.48. The van der Waals surface area contributed by atoms with Crippen LogP contribution in [-0.2, 0) is 14.3 Å². The predicted octanol–water partition coefficient (Wildman–Crippen LogP) is 2.91. The molecule has 2 rings (SSSR count). The van der Waals surface area contributed by atoms with Crippen LogP contribution in [-0.4, -0.2) is 25.1 Å². The Morgan fingerprint density at radius 3 is 2.68 bits per heavy atom. The second kappa shape index (κ2) is 8.66. The molecule has 0 unspecified atom stereocenters. The van der Waals surface area contributed by atoms with Crippen molar-refractivity contribution < 1.29 is 23.5 Å². The highest BCUT2D eigenvalue weighted by atomic mass is 35.5. The number of ether oxygens (including phenoxy) is 2. The van der Waals surface area contributed by atoms with E-state index in [1.54, 1.807) is 6.07 Å². The zero-order valence-corrected chi connectivity index (χ0v) is 13.5. The highest BCUT2D eigenvalue weighted by Gasteiger charge is 2.12. The minimum absolute atomic E-state index is 0.0958. The number of halogens is 2. The lowest BCUT2D eigenvalue weighted by atomic mass is 10.2. The number of anilines is 1. The maximum absolute atomic E-state index is 13.3. The standard InChI is InChI=1S/C17H12ClFN2O4/c18-12-6-5-11(8-20)14(7-12)21-16(22)9-25-17(23)10-24-15-4-2-1-3-13(15)19/h1-7H,9-10H2,(H,21,22). The van der Waals surface area contributed by atoms with Gasteiger partial charge in [-0.15, -0.1) is 0 Å². The van der Waals surface area contributed by atoms with Gasteiger partial charge in [0.05, 0.1) is 11.3 Å². The summed E-state index contributed by atoms with van der Waals surface area (Å²) >= 11 is 5.80. The molecule has 0 aliphatic rings.